The zero-order chi connectivity index (χ0) is 23.4. The lowest BCUT2D eigenvalue weighted by atomic mass is 10.1. The third-order valence-electron chi connectivity index (χ3n) is 5.17. The Morgan fingerprint density at radius 2 is 1.67 bits per heavy atom. The predicted molar refractivity (Wildman–Crippen MR) is 132 cm³/mol. The van der Waals surface area contributed by atoms with Crippen molar-refractivity contribution in [3.8, 4) is 0 Å². The molecule has 0 aliphatic carbocycles. The summed E-state index contributed by atoms with van der Waals surface area (Å²) in [7, 11) is 1.76. The number of halogens is 1. The van der Waals surface area contributed by atoms with Crippen LogP contribution in [0.5, 0.6) is 0 Å². The zero-order valence-corrected chi connectivity index (χ0v) is 19.5. The van der Waals surface area contributed by atoms with Gasteiger partial charge in [0.2, 0.25) is 0 Å². The molecule has 3 amide bonds. The van der Waals surface area contributed by atoms with Crippen LogP contribution in [0.1, 0.15) is 27.0 Å². The number of thioether (sulfide) groups is 1. The highest BCUT2D eigenvalue weighted by Gasteiger charge is 2.35. The number of carbonyl (C=O) groups excluding carboxylic acids is 3. The summed E-state index contributed by atoms with van der Waals surface area (Å²) >= 11 is 6.91. The van der Waals surface area contributed by atoms with Gasteiger partial charge in [0.05, 0.1) is 11.4 Å². The fraction of sp³-hybridized carbons (Fsp3) is 0.115. The van der Waals surface area contributed by atoms with Crippen LogP contribution in [-0.4, -0.2) is 33.9 Å². The highest BCUT2D eigenvalue weighted by atomic mass is 35.5. The Morgan fingerprint density at radius 3 is 2.36 bits per heavy atom. The van der Waals surface area contributed by atoms with Gasteiger partial charge in [-0.15, -0.1) is 0 Å². The zero-order valence-electron chi connectivity index (χ0n) is 17.9. The predicted octanol–water partition coefficient (Wildman–Crippen LogP) is 5.85. The Bertz CT molecular complexity index is 1230. The van der Waals surface area contributed by atoms with Gasteiger partial charge in [0.1, 0.15) is 0 Å². The summed E-state index contributed by atoms with van der Waals surface area (Å²) in [6.07, 6.45) is 1.67. The van der Waals surface area contributed by atoms with E-state index in [0.717, 1.165) is 28.5 Å². The van der Waals surface area contributed by atoms with Crippen LogP contribution in [0.2, 0.25) is 5.02 Å². The minimum atomic E-state index is -0.340. The van der Waals surface area contributed by atoms with Crippen LogP contribution in [0, 0.1) is 0 Å². The van der Waals surface area contributed by atoms with E-state index in [9.17, 15) is 14.4 Å². The summed E-state index contributed by atoms with van der Waals surface area (Å²) in [4.78, 5) is 41.1. The highest BCUT2D eigenvalue weighted by Crippen LogP contribution is 2.33. The second kappa shape index (κ2) is 10.1. The standard InChI is InChI=1S/C26H21ClN2O3S/c1-28(16-19-6-3-2-4-7-19)24(30)21-12-10-18(11-13-21)15-23-25(31)29(26(32)33-23)17-20-8-5-9-22(27)14-20/h2-15H,16-17H2,1H3/b23-15-. The van der Waals surface area contributed by atoms with E-state index in [-0.39, 0.29) is 23.6 Å². The van der Waals surface area contributed by atoms with Crippen LogP contribution in [0.25, 0.3) is 6.08 Å². The van der Waals surface area contributed by atoms with E-state index in [1.54, 1.807) is 60.5 Å². The molecule has 7 heteroatoms. The van der Waals surface area contributed by atoms with Gasteiger partial charge in [0, 0.05) is 24.2 Å². The molecule has 1 aliphatic rings. The summed E-state index contributed by atoms with van der Waals surface area (Å²) in [6.45, 7) is 0.685. The minimum Gasteiger partial charge on any atom is -0.337 e. The van der Waals surface area contributed by atoms with Gasteiger partial charge >= 0.3 is 0 Å². The van der Waals surface area contributed by atoms with Crippen molar-refractivity contribution in [1.29, 1.82) is 0 Å². The number of hydrogen-bond acceptors (Lipinski definition) is 4. The van der Waals surface area contributed by atoms with Crippen molar-refractivity contribution >= 4 is 46.5 Å². The molecule has 1 saturated heterocycles. The summed E-state index contributed by atoms with van der Waals surface area (Å²) in [5.41, 5.74) is 3.14. The molecule has 0 radical (unpaired) electrons. The van der Waals surface area contributed by atoms with Crippen LogP contribution in [0.3, 0.4) is 0 Å². The van der Waals surface area contributed by atoms with Crippen molar-refractivity contribution in [3.63, 3.8) is 0 Å². The SMILES string of the molecule is CN(Cc1ccccc1)C(=O)c1ccc(/C=C2\SC(=O)N(Cc3cccc(Cl)c3)C2=O)cc1. The maximum Gasteiger partial charge on any atom is 0.293 e. The molecule has 0 saturated carbocycles. The first-order chi connectivity index (χ1) is 15.9. The fourth-order valence-electron chi connectivity index (χ4n) is 3.48. The molecule has 0 spiro atoms. The highest BCUT2D eigenvalue weighted by molar-refractivity contribution is 8.18. The average molecular weight is 477 g/mol. The molecule has 0 unspecified atom stereocenters. The molecule has 0 N–H and O–H groups in total. The quantitative estimate of drug-likeness (QED) is 0.419. The smallest absolute Gasteiger partial charge is 0.293 e. The molecule has 0 aromatic heterocycles. The van der Waals surface area contributed by atoms with Crippen molar-refractivity contribution < 1.29 is 14.4 Å². The van der Waals surface area contributed by atoms with Gasteiger partial charge in [-0.05, 0) is 58.8 Å². The average Bonchev–Trinajstić information content (AvgIpc) is 3.07. The molecule has 1 heterocycles. The molecule has 5 nitrogen and oxygen atoms in total. The first-order valence-corrected chi connectivity index (χ1v) is 11.5. The summed E-state index contributed by atoms with van der Waals surface area (Å²) in [6, 6.07) is 23.9. The first kappa shape index (κ1) is 22.8. The second-order valence-corrected chi connectivity index (χ2v) is 9.10. The second-order valence-electron chi connectivity index (χ2n) is 7.67. The normalized spacial score (nSPS) is 14.7. The number of amides is 3. The number of benzene rings is 3. The van der Waals surface area contributed by atoms with Crippen molar-refractivity contribution in [2.75, 3.05) is 7.05 Å². The molecule has 4 rings (SSSR count). The molecular formula is C26H21ClN2O3S. The number of rotatable bonds is 6. The van der Waals surface area contributed by atoms with Gasteiger partial charge in [0.25, 0.3) is 17.1 Å². The van der Waals surface area contributed by atoms with E-state index < -0.39 is 0 Å². The summed E-state index contributed by atoms with van der Waals surface area (Å²) < 4.78 is 0. The lowest BCUT2D eigenvalue weighted by molar-refractivity contribution is -0.123. The van der Waals surface area contributed by atoms with Crippen molar-refractivity contribution in [2.45, 2.75) is 13.1 Å². The summed E-state index contributed by atoms with van der Waals surface area (Å²) in [5.74, 6) is -0.431. The lowest BCUT2D eigenvalue weighted by Gasteiger charge is -2.17. The Hall–Kier alpha value is -3.35. The van der Waals surface area contributed by atoms with Crippen LogP contribution >= 0.6 is 23.4 Å². The lowest BCUT2D eigenvalue weighted by Crippen LogP contribution is -2.27. The van der Waals surface area contributed by atoms with Gasteiger partial charge in [-0.3, -0.25) is 19.3 Å². The Kier molecular flexibility index (Phi) is 6.96. The van der Waals surface area contributed by atoms with Crippen LogP contribution in [0.4, 0.5) is 4.79 Å². The van der Waals surface area contributed by atoms with Crippen LogP contribution in [0.15, 0.2) is 83.8 Å². The molecule has 1 fully saturated rings. The van der Waals surface area contributed by atoms with Gasteiger partial charge < -0.3 is 4.90 Å². The molecule has 3 aromatic carbocycles. The number of nitrogens with zero attached hydrogens (tertiary/aromatic N) is 2. The molecule has 1 aliphatic heterocycles. The third-order valence-corrected chi connectivity index (χ3v) is 6.31. The molecule has 33 heavy (non-hydrogen) atoms. The number of hydrogen-bond donors (Lipinski definition) is 0. The van der Waals surface area contributed by atoms with E-state index in [4.69, 9.17) is 11.6 Å². The van der Waals surface area contributed by atoms with E-state index in [1.807, 2.05) is 36.4 Å². The topological polar surface area (TPSA) is 57.7 Å². The van der Waals surface area contributed by atoms with Gasteiger partial charge in [-0.2, -0.15) is 0 Å². The number of imide groups is 1. The Labute approximate surface area is 201 Å². The molecule has 0 atom stereocenters. The minimum absolute atomic E-state index is 0.0905. The summed E-state index contributed by atoms with van der Waals surface area (Å²) in [5, 5.41) is 0.236. The van der Waals surface area contributed by atoms with Crippen molar-refractivity contribution in [3.05, 3.63) is 111 Å². The molecule has 3 aromatic rings. The van der Waals surface area contributed by atoms with E-state index in [0.29, 0.717) is 22.0 Å². The van der Waals surface area contributed by atoms with E-state index in [1.165, 1.54) is 4.90 Å². The van der Waals surface area contributed by atoms with Crippen molar-refractivity contribution in [1.82, 2.24) is 9.80 Å². The largest absolute Gasteiger partial charge is 0.337 e. The van der Waals surface area contributed by atoms with Gasteiger partial charge in [-0.25, -0.2) is 0 Å². The molecular weight excluding hydrogens is 456 g/mol. The van der Waals surface area contributed by atoms with Crippen molar-refractivity contribution in [2.24, 2.45) is 0 Å². The van der Waals surface area contributed by atoms with E-state index >= 15 is 0 Å². The van der Waals surface area contributed by atoms with Crippen LogP contribution in [-0.2, 0) is 17.9 Å². The molecule has 166 valence electrons. The maximum absolute atomic E-state index is 12.8. The molecule has 0 bridgehead atoms. The Balaban J connectivity index is 1.43. The fourth-order valence-corrected chi connectivity index (χ4v) is 4.53. The van der Waals surface area contributed by atoms with Gasteiger partial charge in [-0.1, -0.05) is 66.2 Å². The first-order valence-electron chi connectivity index (χ1n) is 10.3. The van der Waals surface area contributed by atoms with E-state index in [2.05, 4.69) is 0 Å². The maximum atomic E-state index is 12.8. The number of carbonyl (C=O) groups is 3. The third kappa shape index (κ3) is 5.53. The van der Waals surface area contributed by atoms with Gasteiger partial charge in [0.15, 0.2) is 0 Å². The Morgan fingerprint density at radius 1 is 0.970 bits per heavy atom. The van der Waals surface area contributed by atoms with Crippen LogP contribution < -0.4 is 0 Å². The monoisotopic (exact) mass is 476 g/mol.